The number of methoxy groups -OCH3 is 1. The first-order chi connectivity index (χ1) is 9.70. The van der Waals surface area contributed by atoms with E-state index < -0.39 is 0 Å². The maximum Gasteiger partial charge on any atom is 0.0752 e. The Labute approximate surface area is 124 Å². The van der Waals surface area contributed by atoms with Gasteiger partial charge < -0.3 is 10.1 Å². The predicted octanol–water partition coefficient (Wildman–Crippen LogP) is 4.03. The van der Waals surface area contributed by atoms with Crippen LogP contribution in [0.2, 0.25) is 5.02 Å². The summed E-state index contributed by atoms with van der Waals surface area (Å²) in [6.45, 7) is 2.75. The van der Waals surface area contributed by atoms with Crippen LogP contribution in [-0.2, 0) is 4.74 Å². The molecule has 1 atom stereocenters. The van der Waals surface area contributed by atoms with Gasteiger partial charge in [0.25, 0.3) is 0 Å². The number of fused-ring (bicyclic) bond motifs is 1. The summed E-state index contributed by atoms with van der Waals surface area (Å²) in [4.78, 5) is 4.47. The van der Waals surface area contributed by atoms with Gasteiger partial charge in [0.15, 0.2) is 0 Å². The number of pyridine rings is 1. The van der Waals surface area contributed by atoms with Crippen molar-refractivity contribution in [1.82, 2.24) is 4.98 Å². The van der Waals surface area contributed by atoms with Gasteiger partial charge in [-0.1, -0.05) is 11.6 Å². The summed E-state index contributed by atoms with van der Waals surface area (Å²) in [7, 11) is 1.74. The molecule has 1 aromatic carbocycles. The molecule has 0 spiro atoms. The fraction of sp³-hybridized carbons (Fsp3) is 0.438. The Balaban J connectivity index is 2.01. The lowest BCUT2D eigenvalue weighted by Crippen LogP contribution is -2.27. The molecule has 106 valence electrons. The van der Waals surface area contributed by atoms with Crippen molar-refractivity contribution in [2.45, 2.75) is 25.8 Å². The highest BCUT2D eigenvalue weighted by Crippen LogP contribution is 2.38. The maximum absolute atomic E-state index is 6.45. The van der Waals surface area contributed by atoms with E-state index in [0.29, 0.717) is 18.6 Å². The Morgan fingerprint density at radius 3 is 3.00 bits per heavy atom. The van der Waals surface area contributed by atoms with E-state index in [1.54, 1.807) is 7.11 Å². The largest absolute Gasteiger partial charge is 0.383 e. The molecule has 1 aliphatic rings. The monoisotopic (exact) mass is 290 g/mol. The fourth-order valence-corrected chi connectivity index (χ4v) is 3.01. The third-order valence-corrected chi connectivity index (χ3v) is 4.20. The summed E-state index contributed by atoms with van der Waals surface area (Å²) in [6, 6.07) is 6.32. The van der Waals surface area contributed by atoms with E-state index in [2.05, 4.69) is 16.4 Å². The summed E-state index contributed by atoms with van der Waals surface area (Å²) in [5, 5.41) is 5.42. The molecule has 0 bridgehead atoms. The van der Waals surface area contributed by atoms with Crippen molar-refractivity contribution in [3.63, 3.8) is 0 Å². The SMILES string of the molecule is COCC(Nc1c(Cl)cc(C)c2ncccc12)C1CC1. The normalized spacial score (nSPS) is 16.4. The van der Waals surface area contributed by atoms with Crippen LogP contribution in [0.5, 0.6) is 0 Å². The minimum Gasteiger partial charge on any atom is -0.383 e. The topological polar surface area (TPSA) is 34.1 Å². The first-order valence-electron chi connectivity index (χ1n) is 7.00. The van der Waals surface area contributed by atoms with Crippen LogP contribution in [0.25, 0.3) is 10.9 Å². The minimum absolute atomic E-state index is 0.323. The van der Waals surface area contributed by atoms with Crippen LogP contribution in [0.1, 0.15) is 18.4 Å². The van der Waals surface area contributed by atoms with E-state index >= 15 is 0 Å². The molecule has 20 heavy (non-hydrogen) atoms. The van der Waals surface area contributed by atoms with Crippen molar-refractivity contribution < 1.29 is 4.74 Å². The lowest BCUT2D eigenvalue weighted by Gasteiger charge is -2.21. The summed E-state index contributed by atoms with van der Waals surface area (Å²) in [5.41, 5.74) is 3.09. The molecule has 0 amide bonds. The Bertz CT molecular complexity index is 625. The molecule has 3 nitrogen and oxygen atoms in total. The number of rotatable bonds is 5. The van der Waals surface area contributed by atoms with Gasteiger partial charge >= 0.3 is 0 Å². The second kappa shape index (κ2) is 5.58. The lowest BCUT2D eigenvalue weighted by atomic mass is 10.1. The van der Waals surface area contributed by atoms with Crippen LogP contribution in [0, 0.1) is 12.8 Å². The first kappa shape index (κ1) is 13.7. The van der Waals surface area contributed by atoms with E-state index in [-0.39, 0.29) is 0 Å². The smallest absolute Gasteiger partial charge is 0.0752 e. The highest BCUT2D eigenvalue weighted by Gasteiger charge is 2.31. The molecule has 1 aliphatic carbocycles. The van der Waals surface area contributed by atoms with E-state index in [1.165, 1.54) is 12.8 Å². The molecule has 1 heterocycles. The van der Waals surface area contributed by atoms with Crippen molar-refractivity contribution in [2.75, 3.05) is 19.0 Å². The minimum atomic E-state index is 0.323. The highest BCUT2D eigenvalue weighted by molar-refractivity contribution is 6.35. The molecule has 1 fully saturated rings. The van der Waals surface area contributed by atoms with Gasteiger partial charge in [0, 0.05) is 18.7 Å². The third kappa shape index (κ3) is 2.60. The number of hydrogen-bond donors (Lipinski definition) is 1. The van der Waals surface area contributed by atoms with Gasteiger partial charge in [-0.25, -0.2) is 0 Å². The Kier molecular flexibility index (Phi) is 3.81. The van der Waals surface area contributed by atoms with Crippen LogP contribution in [-0.4, -0.2) is 24.7 Å². The number of anilines is 1. The summed E-state index contributed by atoms with van der Waals surface area (Å²) in [6.07, 6.45) is 4.35. The van der Waals surface area contributed by atoms with E-state index in [1.807, 2.05) is 25.3 Å². The van der Waals surface area contributed by atoms with Gasteiger partial charge in [-0.2, -0.15) is 0 Å². The van der Waals surface area contributed by atoms with Crippen LogP contribution >= 0.6 is 11.6 Å². The Morgan fingerprint density at radius 1 is 1.50 bits per heavy atom. The molecule has 2 aromatic rings. The van der Waals surface area contributed by atoms with Crippen molar-refractivity contribution in [2.24, 2.45) is 5.92 Å². The second-order valence-electron chi connectivity index (χ2n) is 5.49. The molecule has 1 saturated carbocycles. The maximum atomic E-state index is 6.45. The quantitative estimate of drug-likeness (QED) is 0.902. The Morgan fingerprint density at radius 2 is 2.30 bits per heavy atom. The number of benzene rings is 1. The van der Waals surface area contributed by atoms with Gasteiger partial charge in [-0.05, 0) is 49.4 Å². The van der Waals surface area contributed by atoms with Crippen molar-refractivity contribution in [3.8, 4) is 0 Å². The molecular formula is C16H19ClN2O. The van der Waals surface area contributed by atoms with E-state index in [9.17, 15) is 0 Å². The molecule has 4 heteroatoms. The van der Waals surface area contributed by atoms with Crippen LogP contribution < -0.4 is 5.32 Å². The zero-order valence-electron chi connectivity index (χ0n) is 11.8. The standard InChI is InChI=1S/C16H19ClN2O/c1-10-8-13(17)16(12-4-3-7-18-15(10)12)19-14(9-20-2)11-5-6-11/h3-4,7-8,11,14,19H,5-6,9H2,1-2H3. The zero-order valence-corrected chi connectivity index (χ0v) is 12.6. The summed E-state index contributed by atoms with van der Waals surface area (Å²) < 4.78 is 5.33. The second-order valence-corrected chi connectivity index (χ2v) is 5.90. The van der Waals surface area contributed by atoms with Gasteiger partial charge in [0.05, 0.1) is 28.9 Å². The van der Waals surface area contributed by atoms with Crippen LogP contribution in [0.15, 0.2) is 24.4 Å². The number of aromatic nitrogens is 1. The average Bonchev–Trinajstić information content (AvgIpc) is 3.27. The molecule has 1 unspecified atom stereocenters. The van der Waals surface area contributed by atoms with Gasteiger partial charge in [0.1, 0.15) is 0 Å². The molecule has 1 aromatic heterocycles. The number of hydrogen-bond acceptors (Lipinski definition) is 3. The number of ether oxygens (including phenoxy) is 1. The van der Waals surface area contributed by atoms with Crippen molar-refractivity contribution >= 4 is 28.2 Å². The van der Waals surface area contributed by atoms with Crippen molar-refractivity contribution in [1.29, 1.82) is 0 Å². The average molecular weight is 291 g/mol. The van der Waals surface area contributed by atoms with Gasteiger partial charge in [-0.15, -0.1) is 0 Å². The highest BCUT2D eigenvalue weighted by atomic mass is 35.5. The van der Waals surface area contributed by atoms with Gasteiger partial charge in [-0.3, -0.25) is 4.98 Å². The van der Waals surface area contributed by atoms with E-state index in [4.69, 9.17) is 16.3 Å². The first-order valence-corrected chi connectivity index (χ1v) is 7.38. The number of nitrogens with zero attached hydrogens (tertiary/aromatic N) is 1. The molecular weight excluding hydrogens is 272 g/mol. The number of nitrogens with one attached hydrogen (secondary N) is 1. The summed E-state index contributed by atoms with van der Waals surface area (Å²) in [5.74, 6) is 0.694. The van der Waals surface area contributed by atoms with Crippen LogP contribution in [0.4, 0.5) is 5.69 Å². The van der Waals surface area contributed by atoms with Gasteiger partial charge in [0.2, 0.25) is 0 Å². The van der Waals surface area contributed by atoms with Crippen LogP contribution in [0.3, 0.4) is 0 Å². The zero-order chi connectivity index (χ0) is 14.1. The fourth-order valence-electron chi connectivity index (χ4n) is 2.69. The summed E-state index contributed by atoms with van der Waals surface area (Å²) >= 11 is 6.45. The number of halogens is 1. The van der Waals surface area contributed by atoms with Crippen molar-refractivity contribution in [3.05, 3.63) is 35.0 Å². The Hall–Kier alpha value is -1.32. The predicted molar refractivity (Wildman–Crippen MR) is 83.5 cm³/mol. The molecule has 0 radical (unpaired) electrons. The van der Waals surface area contributed by atoms with E-state index in [0.717, 1.165) is 27.2 Å². The lowest BCUT2D eigenvalue weighted by molar-refractivity contribution is 0.179. The molecule has 3 rings (SSSR count). The number of aryl methyl sites for hydroxylation is 1. The molecule has 0 saturated heterocycles. The third-order valence-electron chi connectivity index (χ3n) is 3.90. The molecule has 0 aliphatic heterocycles. The molecule has 1 N–H and O–H groups in total.